The molecule has 0 amide bonds. The number of nitrogen functional groups attached to an aromatic ring is 1. The number of benzene rings is 2. The van der Waals surface area contributed by atoms with Crippen molar-refractivity contribution in [3.63, 3.8) is 0 Å². The van der Waals surface area contributed by atoms with Crippen molar-refractivity contribution in [3.8, 4) is 0 Å². The topological polar surface area (TPSA) is 112 Å². The van der Waals surface area contributed by atoms with E-state index in [1.54, 1.807) is 12.1 Å². The van der Waals surface area contributed by atoms with Gasteiger partial charge in [0.2, 0.25) is 0 Å². The highest BCUT2D eigenvalue weighted by Crippen LogP contribution is 2.24. The van der Waals surface area contributed by atoms with E-state index < -0.39 is 0 Å². The van der Waals surface area contributed by atoms with Crippen LogP contribution in [0.25, 0.3) is 0 Å². The zero-order valence-corrected chi connectivity index (χ0v) is 18.4. The Labute approximate surface area is 178 Å². The number of ether oxygens (including phenoxy) is 2. The molecule has 2 rings (SSSR count). The normalized spacial score (nSPS) is 10.1. The number of nitrogens with one attached hydrogen (secondary N) is 2. The number of rotatable bonds is 11. The van der Waals surface area contributed by atoms with Crippen LogP contribution >= 0.6 is 0 Å². The molecule has 4 N–H and O–H groups in total. The van der Waals surface area contributed by atoms with Crippen LogP contribution in [0.3, 0.4) is 0 Å². The maximum Gasteiger partial charge on any atom is 0.292 e. The lowest BCUT2D eigenvalue weighted by Crippen LogP contribution is -2.10. The van der Waals surface area contributed by atoms with E-state index in [0.29, 0.717) is 32.1 Å². The van der Waals surface area contributed by atoms with Crippen LogP contribution in [0, 0.1) is 24.0 Å². The Balaban J connectivity index is 0.000000303. The molecule has 0 aliphatic heterocycles. The van der Waals surface area contributed by atoms with E-state index in [4.69, 9.17) is 15.2 Å². The first kappa shape index (κ1) is 25.2. The lowest BCUT2D eigenvalue weighted by molar-refractivity contribution is -0.384. The molecule has 8 heteroatoms. The number of aryl methyl sites for hydroxylation is 2. The number of nitro benzene ring substituents is 1. The van der Waals surface area contributed by atoms with Crippen molar-refractivity contribution in [1.82, 2.24) is 0 Å². The summed E-state index contributed by atoms with van der Waals surface area (Å²) in [5, 5.41) is 17.0. The first-order valence-corrected chi connectivity index (χ1v) is 10.1. The average molecular weight is 419 g/mol. The van der Waals surface area contributed by atoms with Crippen molar-refractivity contribution in [2.24, 2.45) is 0 Å². The highest BCUT2D eigenvalue weighted by atomic mass is 16.6. The van der Waals surface area contributed by atoms with Gasteiger partial charge in [-0.25, -0.2) is 0 Å². The van der Waals surface area contributed by atoms with Gasteiger partial charge in [0.15, 0.2) is 0 Å². The van der Waals surface area contributed by atoms with Crippen LogP contribution in [0.15, 0.2) is 36.4 Å². The number of hydrogen-bond donors (Lipinski definition) is 3. The van der Waals surface area contributed by atoms with Gasteiger partial charge in [-0.2, -0.15) is 0 Å². The number of hydrogen-bond acceptors (Lipinski definition) is 7. The van der Waals surface area contributed by atoms with Gasteiger partial charge < -0.3 is 25.8 Å². The smallest absolute Gasteiger partial charge is 0.292 e. The fraction of sp³-hybridized carbons (Fsp3) is 0.455. The van der Waals surface area contributed by atoms with E-state index in [9.17, 15) is 10.1 Å². The summed E-state index contributed by atoms with van der Waals surface area (Å²) >= 11 is 0. The third-order valence-electron chi connectivity index (χ3n) is 4.09. The molecule has 0 aromatic heterocycles. The van der Waals surface area contributed by atoms with Crippen LogP contribution < -0.4 is 16.4 Å². The van der Waals surface area contributed by atoms with Gasteiger partial charge in [-0.15, -0.1) is 0 Å². The molecular weight excluding hydrogens is 384 g/mol. The van der Waals surface area contributed by atoms with Crippen molar-refractivity contribution in [2.75, 3.05) is 55.9 Å². The van der Waals surface area contributed by atoms with Crippen LogP contribution in [0.1, 0.15) is 25.0 Å². The molecule has 2 aromatic carbocycles. The van der Waals surface area contributed by atoms with Gasteiger partial charge in [-0.05, 0) is 57.0 Å². The third kappa shape index (κ3) is 9.58. The standard InChI is InChI=1S/C11H16N2O3.C11H18N2O/c1-3-16-7-6-12-10-8-9(2)4-5-11(10)13(14)15;1-3-14-7-6-13-11-8-9(2)4-5-10(11)12/h4-5,8,12H,3,6-7H2,1-2H3;4-5,8,13H,3,6-7,12H2,1-2H3. The second-order valence-electron chi connectivity index (χ2n) is 6.62. The van der Waals surface area contributed by atoms with Crippen LogP contribution in [0.5, 0.6) is 0 Å². The van der Waals surface area contributed by atoms with Crippen molar-refractivity contribution >= 4 is 22.7 Å². The Bertz CT molecular complexity index is 784. The van der Waals surface area contributed by atoms with E-state index >= 15 is 0 Å². The van der Waals surface area contributed by atoms with Gasteiger partial charge >= 0.3 is 0 Å². The second-order valence-corrected chi connectivity index (χ2v) is 6.62. The zero-order chi connectivity index (χ0) is 22.4. The highest BCUT2D eigenvalue weighted by Gasteiger charge is 2.12. The summed E-state index contributed by atoms with van der Waals surface area (Å²) in [5.74, 6) is 0. The van der Waals surface area contributed by atoms with E-state index in [1.165, 1.54) is 11.6 Å². The Hall–Kier alpha value is -2.84. The molecule has 0 saturated heterocycles. The Morgan fingerprint density at radius 1 is 0.900 bits per heavy atom. The molecule has 166 valence electrons. The molecule has 0 fully saturated rings. The highest BCUT2D eigenvalue weighted by molar-refractivity contribution is 5.66. The number of nitrogens with two attached hydrogens (primary N) is 1. The Morgan fingerprint density at radius 3 is 1.93 bits per heavy atom. The first-order valence-electron chi connectivity index (χ1n) is 10.1. The first-order chi connectivity index (χ1) is 14.4. The third-order valence-corrected chi connectivity index (χ3v) is 4.09. The van der Waals surface area contributed by atoms with Crippen molar-refractivity contribution < 1.29 is 14.4 Å². The van der Waals surface area contributed by atoms with E-state index in [0.717, 1.165) is 30.1 Å². The van der Waals surface area contributed by atoms with Gasteiger partial charge in [0, 0.05) is 32.4 Å². The van der Waals surface area contributed by atoms with Crippen LogP contribution in [0.4, 0.5) is 22.7 Å². The van der Waals surface area contributed by atoms with E-state index in [2.05, 4.69) is 10.6 Å². The fourth-order valence-electron chi connectivity index (χ4n) is 2.58. The molecule has 2 aromatic rings. The summed E-state index contributed by atoms with van der Waals surface area (Å²) in [7, 11) is 0. The molecule has 0 radical (unpaired) electrons. The van der Waals surface area contributed by atoms with Crippen LogP contribution in [0.2, 0.25) is 0 Å². The maximum absolute atomic E-state index is 10.8. The summed E-state index contributed by atoms with van der Waals surface area (Å²) < 4.78 is 10.4. The van der Waals surface area contributed by atoms with Crippen molar-refractivity contribution in [2.45, 2.75) is 27.7 Å². The zero-order valence-electron chi connectivity index (χ0n) is 18.4. The number of nitro groups is 1. The monoisotopic (exact) mass is 418 g/mol. The van der Waals surface area contributed by atoms with Gasteiger partial charge in [-0.1, -0.05) is 12.1 Å². The second kappa shape index (κ2) is 14.2. The molecule has 0 aliphatic carbocycles. The van der Waals surface area contributed by atoms with Crippen LogP contribution in [-0.2, 0) is 9.47 Å². The fourth-order valence-corrected chi connectivity index (χ4v) is 2.58. The number of nitrogens with zero attached hydrogens (tertiary/aromatic N) is 1. The lowest BCUT2D eigenvalue weighted by atomic mass is 10.2. The van der Waals surface area contributed by atoms with E-state index in [-0.39, 0.29) is 10.6 Å². The summed E-state index contributed by atoms with van der Waals surface area (Å²) in [6.07, 6.45) is 0. The van der Waals surface area contributed by atoms with Gasteiger partial charge in [0.05, 0.1) is 29.5 Å². The molecule has 0 atom stereocenters. The Morgan fingerprint density at radius 2 is 1.40 bits per heavy atom. The molecular formula is C22H34N4O4. The lowest BCUT2D eigenvalue weighted by Gasteiger charge is -2.09. The van der Waals surface area contributed by atoms with Crippen molar-refractivity contribution in [3.05, 3.63) is 57.6 Å². The molecule has 30 heavy (non-hydrogen) atoms. The van der Waals surface area contributed by atoms with Crippen LogP contribution in [-0.4, -0.2) is 44.4 Å². The summed E-state index contributed by atoms with van der Waals surface area (Å²) in [4.78, 5) is 10.4. The number of anilines is 3. The van der Waals surface area contributed by atoms with Gasteiger partial charge in [-0.3, -0.25) is 10.1 Å². The summed E-state index contributed by atoms with van der Waals surface area (Å²) in [6.45, 7) is 11.9. The molecule has 0 spiro atoms. The SMILES string of the molecule is CCOCCNc1cc(C)ccc1N.CCOCCNc1cc(C)ccc1[N+](=O)[O-]. The van der Waals surface area contributed by atoms with E-state index in [1.807, 2.05) is 45.9 Å². The molecule has 0 aliphatic rings. The average Bonchev–Trinajstić information content (AvgIpc) is 2.71. The predicted molar refractivity (Wildman–Crippen MR) is 123 cm³/mol. The molecule has 0 heterocycles. The van der Waals surface area contributed by atoms with Gasteiger partial charge in [0.1, 0.15) is 5.69 Å². The minimum Gasteiger partial charge on any atom is -0.397 e. The molecule has 0 unspecified atom stereocenters. The minimum atomic E-state index is -0.386. The quantitative estimate of drug-likeness (QED) is 0.215. The maximum atomic E-state index is 10.8. The molecule has 0 bridgehead atoms. The molecule has 8 nitrogen and oxygen atoms in total. The summed E-state index contributed by atoms with van der Waals surface area (Å²) in [6, 6.07) is 11.0. The Kier molecular flexibility index (Phi) is 11.9. The van der Waals surface area contributed by atoms with Gasteiger partial charge in [0.25, 0.3) is 5.69 Å². The summed E-state index contributed by atoms with van der Waals surface area (Å²) in [5.41, 5.74) is 10.4. The molecule has 0 saturated carbocycles. The largest absolute Gasteiger partial charge is 0.397 e. The minimum absolute atomic E-state index is 0.0992. The predicted octanol–water partition coefficient (Wildman–Crippen LogP) is 4.38. The van der Waals surface area contributed by atoms with Crippen molar-refractivity contribution in [1.29, 1.82) is 0 Å².